The van der Waals surface area contributed by atoms with Gasteiger partial charge in [-0.05, 0) is 24.3 Å². The molecule has 0 aliphatic rings. The van der Waals surface area contributed by atoms with Crippen molar-refractivity contribution >= 4 is 28.1 Å². The summed E-state index contributed by atoms with van der Waals surface area (Å²) >= 11 is 1.36. The second-order valence-electron chi connectivity index (χ2n) is 3.73. The molecule has 0 atom stereocenters. The van der Waals surface area contributed by atoms with Gasteiger partial charge in [0.2, 0.25) is 0 Å². The number of hydrogen-bond donors (Lipinski definition) is 1. The number of carbonyl (C=O) groups is 1. The van der Waals surface area contributed by atoms with Crippen molar-refractivity contribution in [3.05, 3.63) is 41.2 Å². The molecule has 94 valence electrons. The summed E-state index contributed by atoms with van der Waals surface area (Å²) in [7, 11) is 1.80. The maximum atomic E-state index is 12.8. The van der Waals surface area contributed by atoms with Gasteiger partial charge in [0.05, 0.1) is 12.1 Å². The van der Waals surface area contributed by atoms with Crippen molar-refractivity contribution in [2.24, 2.45) is 0 Å². The van der Waals surface area contributed by atoms with E-state index in [9.17, 15) is 9.18 Å². The van der Waals surface area contributed by atoms with Crippen molar-refractivity contribution in [2.75, 3.05) is 11.9 Å². The van der Waals surface area contributed by atoms with Crippen LogP contribution in [0.15, 0.2) is 29.6 Å². The van der Waals surface area contributed by atoms with E-state index in [4.69, 9.17) is 5.11 Å². The summed E-state index contributed by atoms with van der Waals surface area (Å²) in [5, 5.41) is 11.1. The third-order valence-corrected chi connectivity index (χ3v) is 3.34. The lowest BCUT2D eigenvalue weighted by Crippen LogP contribution is -2.09. The van der Waals surface area contributed by atoms with Gasteiger partial charge in [-0.1, -0.05) is 0 Å². The van der Waals surface area contributed by atoms with E-state index < -0.39 is 5.97 Å². The maximum absolute atomic E-state index is 12.8. The molecule has 0 spiro atoms. The van der Waals surface area contributed by atoms with Gasteiger partial charge in [0.25, 0.3) is 0 Å². The Kier molecular flexibility index (Phi) is 3.57. The molecule has 0 unspecified atom stereocenters. The number of aliphatic carboxylic acids is 1. The summed E-state index contributed by atoms with van der Waals surface area (Å²) in [5.74, 6) is -1.20. The number of rotatable bonds is 4. The number of benzene rings is 1. The number of thiazole rings is 1. The molecule has 0 bridgehead atoms. The Bertz CT molecular complexity index is 553. The minimum Gasteiger partial charge on any atom is -0.481 e. The largest absolute Gasteiger partial charge is 0.481 e. The van der Waals surface area contributed by atoms with Gasteiger partial charge in [0.1, 0.15) is 5.82 Å². The second kappa shape index (κ2) is 5.14. The number of halogens is 1. The van der Waals surface area contributed by atoms with E-state index in [1.54, 1.807) is 29.5 Å². The molecular formula is C12H11FN2O2S. The van der Waals surface area contributed by atoms with Gasteiger partial charge >= 0.3 is 5.97 Å². The molecule has 1 aromatic heterocycles. The Balaban J connectivity index is 2.18. The van der Waals surface area contributed by atoms with E-state index in [1.165, 1.54) is 23.5 Å². The summed E-state index contributed by atoms with van der Waals surface area (Å²) in [6.45, 7) is 0. The molecular weight excluding hydrogens is 255 g/mol. The van der Waals surface area contributed by atoms with Crippen LogP contribution in [0.4, 0.5) is 15.2 Å². The quantitative estimate of drug-likeness (QED) is 0.924. The number of aromatic nitrogens is 1. The fourth-order valence-corrected chi connectivity index (χ4v) is 2.27. The van der Waals surface area contributed by atoms with Crippen LogP contribution in [0.3, 0.4) is 0 Å². The Morgan fingerprint density at radius 1 is 1.44 bits per heavy atom. The van der Waals surface area contributed by atoms with E-state index in [2.05, 4.69) is 4.98 Å². The van der Waals surface area contributed by atoms with Crippen LogP contribution >= 0.6 is 11.3 Å². The molecule has 2 rings (SSSR count). The molecule has 0 saturated heterocycles. The van der Waals surface area contributed by atoms with E-state index in [1.807, 2.05) is 0 Å². The van der Waals surface area contributed by atoms with Crippen molar-refractivity contribution in [3.63, 3.8) is 0 Å². The average Bonchev–Trinajstić information content (AvgIpc) is 2.76. The first-order chi connectivity index (χ1) is 8.56. The zero-order chi connectivity index (χ0) is 13.1. The first kappa shape index (κ1) is 12.5. The van der Waals surface area contributed by atoms with Gasteiger partial charge in [0, 0.05) is 18.1 Å². The SMILES string of the molecule is CN(c1ccc(F)cc1)c1nc(CC(=O)O)cs1. The lowest BCUT2D eigenvalue weighted by molar-refractivity contribution is -0.136. The van der Waals surface area contributed by atoms with Crippen LogP contribution in [0.5, 0.6) is 0 Å². The van der Waals surface area contributed by atoms with Gasteiger partial charge in [-0.2, -0.15) is 0 Å². The molecule has 1 heterocycles. The maximum Gasteiger partial charge on any atom is 0.309 e. The lowest BCUT2D eigenvalue weighted by atomic mass is 10.3. The highest BCUT2D eigenvalue weighted by Gasteiger charge is 2.10. The lowest BCUT2D eigenvalue weighted by Gasteiger charge is -2.15. The number of carboxylic acids is 1. The molecule has 0 saturated carbocycles. The van der Waals surface area contributed by atoms with E-state index in [-0.39, 0.29) is 12.2 Å². The Hall–Kier alpha value is -1.95. The van der Waals surface area contributed by atoms with Crippen LogP contribution in [0, 0.1) is 5.82 Å². The van der Waals surface area contributed by atoms with Crippen molar-refractivity contribution in [1.29, 1.82) is 0 Å². The molecule has 0 radical (unpaired) electrons. The standard InChI is InChI=1S/C12H11FN2O2S/c1-15(10-4-2-8(13)3-5-10)12-14-9(7-18-12)6-11(16)17/h2-5,7H,6H2,1H3,(H,16,17). The van der Waals surface area contributed by atoms with Gasteiger partial charge in [-0.15, -0.1) is 11.3 Å². The Morgan fingerprint density at radius 2 is 2.11 bits per heavy atom. The summed E-state index contributed by atoms with van der Waals surface area (Å²) in [6.07, 6.45) is -0.0895. The fourth-order valence-electron chi connectivity index (χ4n) is 1.46. The Morgan fingerprint density at radius 3 is 2.72 bits per heavy atom. The normalized spacial score (nSPS) is 10.3. The van der Waals surface area contributed by atoms with Crippen molar-refractivity contribution in [2.45, 2.75) is 6.42 Å². The van der Waals surface area contributed by atoms with Gasteiger partial charge < -0.3 is 10.0 Å². The van der Waals surface area contributed by atoms with Gasteiger partial charge in [0.15, 0.2) is 5.13 Å². The van der Waals surface area contributed by atoms with E-state index >= 15 is 0 Å². The monoisotopic (exact) mass is 266 g/mol. The highest BCUT2D eigenvalue weighted by atomic mass is 32.1. The third kappa shape index (κ3) is 2.84. The number of nitrogens with zero attached hydrogens (tertiary/aromatic N) is 2. The second-order valence-corrected chi connectivity index (χ2v) is 4.56. The van der Waals surface area contributed by atoms with Crippen LogP contribution in [-0.4, -0.2) is 23.1 Å². The van der Waals surface area contributed by atoms with Crippen molar-refractivity contribution < 1.29 is 14.3 Å². The van der Waals surface area contributed by atoms with Crippen LogP contribution in [0.1, 0.15) is 5.69 Å². The average molecular weight is 266 g/mol. The smallest absolute Gasteiger partial charge is 0.309 e. The topological polar surface area (TPSA) is 53.4 Å². The molecule has 1 aromatic carbocycles. The molecule has 0 amide bonds. The predicted molar refractivity (Wildman–Crippen MR) is 67.9 cm³/mol. The summed E-state index contributed by atoms with van der Waals surface area (Å²) in [5.41, 5.74) is 1.32. The third-order valence-electron chi connectivity index (χ3n) is 2.37. The van der Waals surface area contributed by atoms with E-state index in [0.29, 0.717) is 10.8 Å². The first-order valence-electron chi connectivity index (χ1n) is 5.22. The molecule has 0 fully saturated rings. The van der Waals surface area contributed by atoms with Crippen LogP contribution in [0.2, 0.25) is 0 Å². The first-order valence-corrected chi connectivity index (χ1v) is 6.09. The van der Waals surface area contributed by atoms with Gasteiger partial charge in [-0.3, -0.25) is 4.79 Å². The molecule has 1 N–H and O–H groups in total. The zero-order valence-corrected chi connectivity index (χ0v) is 10.4. The molecule has 2 aromatic rings. The predicted octanol–water partition coefficient (Wildman–Crippen LogP) is 2.68. The zero-order valence-electron chi connectivity index (χ0n) is 9.63. The molecule has 18 heavy (non-hydrogen) atoms. The van der Waals surface area contributed by atoms with Crippen LogP contribution in [0.25, 0.3) is 0 Å². The summed E-state index contributed by atoms with van der Waals surface area (Å²) in [4.78, 5) is 16.6. The summed E-state index contributed by atoms with van der Waals surface area (Å²) in [6, 6.07) is 6.04. The minimum atomic E-state index is -0.906. The van der Waals surface area contributed by atoms with Gasteiger partial charge in [-0.25, -0.2) is 9.37 Å². The number of carboxylic acid groups (broad SMARTS) is 1. The highest BCUT2D eigenvalue weighted by molar-refractivity contribution is 7.13. The molecule has 6 heteroatoms. The van der Waals surface area contributed by atoms with E-state index in [0.717, 1.165) is 5.69 Å². The van der Waals surface area contributed by atoms with Crippen LogP contribution < -0.4 is 4.90 Å². The highest BCUT2D eigenvalue weighted by Crippen LogP contribution is 2.27. The summed E-state index contributed by atoms with van der Waals surface area (Å²) < 4.78 is 12.8. The fraction of sp³-hybridized carbons (Fsp3) is 0.167. The molecule has 4 nitrogen and oxygen atoms in total. The number of anilines is 2. The van der Waals surface area contributed by atoms with Crippen molar-refractivity contribution in [3.8, 4) is 0 Å². The molecule has 0 aliphatic heterocycles. The molecule has 0 aliphatic carbocycles. The Labute approximate surface area is 107 Å². The number of hydrogen-bond acceptors (Lipinski definition) is 4. The van der Waals surface area contributed by atoms with Crippen LogP contribution in [-0.2, 0) is 11.2 Å². The van der Waals surface area contributed by atoms with Crippen molar-refractivity contribution in [1.82, 2.24) is 4.98 Å². The minimum absolute atomic E-state index is 0.0895.